The van der Waals surface area contributed by atoms with Crippen LogP contribution >= 0.6 is 23.2 Å². The van der Waals surface area contributed by atoms with Crippen LogP contribution in [0.1, 0.15) is 35.8 Å². The number of hydrogen-bond acceptors (Lipinski definition) is 1. The lowest BCUT2D eigenvalue weighted by Gasteiger charge is -2.39. The fourth-order valence-electron chi connectivity index (χ4n) is 4.53. The molecule has 1 aliphatic carbocycles. The molecule has 2 fully saturated rings. The smallest absolute Gasteiger partial charge is 0.223 e. The molecule has 0 bridgehead atoms. The second-order valence-corrected chi connectivity index (χ2v) is 7.64. The molecule has 4 heteroatoms. The summed E-state index contributed by atoms with van der Waals surface area (Å²) < 4.78 is 0. The Hall–Kier alpha value is -1.51. The predicted molar refractivity (Wildman–Crippen MR) is 97.6 cm³/mol. The minimum Gasteiger partial charge on any atom is -0.356 e. The van der Waals surface area contributed by atoms with Crippen molar-refractivity contribution in [3.63, 3.8) is 0 Å². The minimum absolute atomic E-state index is 0.115. The largest absolute Gasteiger partial charge is 0.356 e. The van der Waals surface area contributed by atoms with Crippen molar-refractivity contribution in [2.45, 2.75) is 24.7 Å². The SMILES string of the molecule is O=C1NC[C@H]2[C@@H](c3ccc(Cl)cc3)[C@H](c3ccccc3Cl)CC[C@@H]12. The van der Waals surface area contributed by atoms with Crippen LogP contribution in [0.5, 0.6) is 0 Å². The Morgan fingerprint density at radius 1 is 0.917 bits per heavy atom. The first-order chi connectivity index (χ1) is 11.6. The maximum absolute atomic E-state index is 12.2. The molecule has 2 aromatic rings. The predicted octanol–water partition coefficient (Wildman–Crippen LogP) is 5.02. The Kier molecular flexibility index (Phi) is 4.28. The molecular formula is C20H19Cl2NO. The molecule has 1 N–H and O–H groups in total. The van der Waals surface area contributed by atoms with E-state index in [0.29, 0.717) is 11.8 Å². The van der Waals surface area contributed by atoms with E-state index in [1.165, 1.54) is 11.1 Å². The number of amides is 1. The van der Waals surface area contributed by atoms with Gasteiger partial charge in [0.1, 0.15) is 0 Å². The van der Waals surface area contributed by atoms with Gasteiger partial charge in [-0.3, -0.25) is 4.79 Å². The quantitative estimate of drug-likeness (QED) is 0.801. The van der Waals surface area contributed by atoms with Crippen molar-refractivity contribution in [3.05, 3.63) is 69.7 Å². The van der Waals surface area contributed by atoms with E-state index in [2.05, 4.69) is 23.5 Å². The van der Waals surface area contributed by atoms with E-state index in [9.17, 15) is 4.79 Å². The monoisotopic (exact) mass is 359 g/mol. The van der Waals surface area contributed by atoms with E-state index in [1.54, 1.807) is 0 Å². The Balaban J connectivity index is 1.78. The lowest BCUT2D eigenvalue weighted by Crippen LogP contribution is -2.32. The summed E-state index contributed by atoms with van der Waals surface area (Å²) in [7, 11) is 0. The molecule has 0 spiro atoms. The molecular weight excluding hydrogens is 341 g/mol. The molecule has 24 heavy (non-hydrogen) atoms. The number of fused-ring (bicyclic) bond motifs is 1. The summed E-state index contributed by atoms with van der Waals surface area (Å²) in [6.45, 7) is 0.748. The summed E-state index contributed by atoms with van der Waals surface area (Å²) in [4.78, 5) is 12.2. The van der Waals surface area contributed by atoms with Crippen molar-refractivity contribution in [1.29, 1.82) is 0 Å². The number of hydrogen-bond donors (Lipinski definition) is 1. The van der Waals surface area contributed by atoms with Gasteiger partial charge in [-0.05, 0) is 59.9 Å². The maximum Gasteiger partial charge on any atom is 0.223 e. The topological polar surface area (TPSA) is 29.1 Å². The van der Waals surface area contributed by atoms with Gasteiger partial charge in [-0.2, -0.15) is 0 Å². The van der Waals surface area contributed by atoms with E-state index >= 15 is 0 Å². The van der Waals surface area contributed by atoms with Crippen LogP contribution in [-0.2, 0) is 4.79 Å². The molecule has 4 atom stereocenters. The van der Waals surface area contributed by atoms with Crippen LogP contribution in [-0.4, -0.2) is 12.5 Å². The first-order valence-electron chi connectivity index (χ1n) is 8.43. The van der Waals surface area contributed by atoms with Crippen molar-refractivity contribution in [3.8, 4) is 0 Å². The first kappa shape index (κ1) is 16.0. The van der Waals surface area contributed by atoms with Gasteiger partial charge in [0, 0.05) is 22.5 Å². The highest BCUT2D eigenvalue weighted by molar-refractivity contribution is 6.31. The molecule has 1 heterocycles. The van der Waals surface area contributed by atoms with Crippen LogP contribution in [0.3, 0.4) is 0 Å². The highest BCUT2D eigenvalue weighted by Gasteiger charge is 2.47. The summed E-state index contributed by atoms with van der Waals surface area (Å²) in [6.07, 6.45) is 1.90. The summed E-state index contributed by atoms with van der Waals surface area (Å²) in [5.74, 6) is 1.24. The number of carbonyl (C=O) groups is 1. The van der Waals surface area contributed by atoms with Crippen molar-refractivity contribution in [2.24, 2.45) is 11.8 Å². The molecule has 0 unspecified atom stereocenters. The highest BCUT2D eigenvalue weighted by atomic mass is 35.5. The molecule has 0 radical (unpaired) electrons. The Bertz CT molecular complexity index is 758. The van der Waals surface area contributed by atoms with Crippen LogP contribution in [0.4, 0.5) is 0 Å². The van der Waals surface area contributed by atoms with Gasteiger partial charge in [0.15, 0.2) is 0 Å². The average Bonchev–Trinajstić information content (AvgIpc) is 2.97. The lowest BCUT2D eigenvalue weighted by molar-refractivity contribution is -0.123. The second kappa shape index (κ2) is 6.42. The van der Waals surface area contributed by atoms with Crippen molar-refractivity contribution >= 4 is 29.1 Å². The summed E-state index contributed by atoms with van der Waals surface area (Å²) >= 11 is 12.6. The normalized spacial score (nSPS) is 29.2. The van der Waals surface area contributed by atoms with E-state index in [-0.39, 0.29) is 17.7 Å². The summed E-state index contributed by atoms with van der Waals surface area (Å²) in [5.41, 5.74) is 2.44. The zero-order chi connectivity index (χ0) is 16.7. The van der Waals surface area contributed by atoms with Crippen LogP contribution in [0.2, 0.25) is 10.0 Å². The molecule has 2 aromatic carbocycles. The number of halogens is 2. The summed E-state index contributed by atoms with van der Waals surface area (Å²) in [5, 5.41) is 4.62. The van der Waals surface area contributed by atoms with Gasteiger partial charge in [0.2, 0.25) is 5.91 Å². The van der Waals surface area contributed by atoms with Gasteiger partial charge in [-0.1, -0.05) is 53.5 Å². The molecule has 0 aromatic heterocycles. The third-order valence-electron chi connectivity index (χ3n) is 5.61. The van der Waals surface area contributed by atoms with Gasteiger partial charge in [-0.25, -0.2) is 0 Å². The molecule has 2 nitrogen and oxygen atoms in total. The molecule has 4 rings (SSSR count). The van der Waals surface area contributed by atoms with Gasteiger partial charge >= 0.3 is 0 Å². The number of carbonyl (C=O) groups excluding carboxylic acids is 1. The van der Waals surface area contributed by atoms with Crippen LogP contribution in [0.15, 0.2) is 48.5 Å². The zero-order valence-corrected chi connectivity index (χ0v) is 14.7. The Morgan fingerprint density at radius 2 is 1.62 bits per heavy atom. The van der Waals surface area contributed by atoms with Crippen molar-refractivity contribution in [1.82, 2.24) is 5.32 Å². The van der Waals surface area contributed by atoms with Crippen molar-refractivity contribution in [2.75, 3.05) is 6.54 Å². The fourth-order valence-corrected chi connectivity index (χ4v) is 4.94. The molecule has 124 valence electrons. The van der Waals surface area contributed by atoms with Gasteiger partial charge in [0.25, 0.3) is 0 Å². The van der Waals surface area contributed by atoms with Gasteiger partial charge in [0.05, 0.1) is 0 Å². The average molecular weight is 360 g/mol. The molecule has 1 saturated heterocycles. The van der Waals surface area contributed by atoms with Crippen LogP contribution < -0.4 is 5.32 Å². The second-order valence-electron chi connectivity index (χ2n) is 6.80. The number of nitrogens with one attached hydrogen (secondary N) is 1. The first-order valence-corrected chi connectivity index (χ1v) is 9.18. The zero-order valence-electron chi connectivity index (χ0n) is 13.2. The lowest BCUT2D eigenvalue weighted by atomic mass is 9.63. The van der Waals surface area contributed by atoms with E-state index < -0.39 is 0 Å². The minimum atomic E-state index is 0.115. The third kappa shape index (κ3) is 2.72. The Morgan fingerprint density at radius 3 is 2.38 bits per heavy atom. The molecule has 1 saturated carbocycles. The van der Waals surface area contributed by atoms with Crippen LogP contribution in [0, 0.1) is 11.8 Å². The number of rotatable bonds is 2. The molecule has 1 amide bonds. The molecule has 1 aliphatic heterocycles. The standard InChI is InChI=1S/C20H19Cl2NO/c21-13-7-5-12(6-8-13)19-15(14-3-1-2-4-18(14)22)9-10-16-17(19)11-23-20(16)24/h1-8,15-17,19H,9-11H2,(H,23,24)/t15-,16+,17+,19-/m0/s1. The van der Waals surface area contributed by atoms with Gasteiger partial charge in [-0.15, -0.1) is 0 Å². The molecule has 2 aliphatic rings. The summed E-state index contributed by atoms with van der Waals surface area (Å²) in [6, 6.07) is 16.2. The Labute approximate surface area is 152 Å². The third-order valence-corrected chi connectivity index (χ3v) is 6.20. The fraction of sp³-hybridized carbons (Fsp3) is 0.350. The van der Waals surface area contributed by atoms with E-state index in [0.717, 1.165) is 29.4 Å². The maximum atomic E-state index is 12.2. The number of benzene rings is 2. The van der Waals surface area contributed by atoms with Crippen molar-refractivity contribution < 1.29 is 4.79 Å². The van der Waals surface area contributed by atoms with E-state index in [1.807, 2.05) is 30.3 Å². The highest BCUT2D eigenvalue weighted by Crippen LogP contribution is 2.52. The van der Waals surface area contributed by atoms with Gasteiger partial charge < -0.3 is 5.32 Å². The van der Waals surface area contributed by atoms with Crippen LogP contribution in [0.25, 0.3) is 0 Å². The van der Waals surface area contributed by atoms with E-state index in [4.69, 9.17) is 23.2 Å².